The van der Waals surface area contributed by atoms with Crippen molar-refractivity contribution in [2.45, 2.75) is 12.7 Å². The molecule has 7 heteroatoms. The molecule has 0 bridgehead atoms. The molecule has 0 saturated heterocycles. The van der Waals surface area contributed by atoms with Crippen LogP contribution in [0.2, 0.25) is 0 Å². The Bertz CT molecular complexity index is 875. The van der Waals surface area contributed by atoms with Crippen LogP contribution in [-0.4, -0.2) is 17.0 Å². The first-order valence-electron chi connectivity index (χ1n) is 7.23. The molecule has 3 aromatic rings. The number of nitrogens with zero attached hydrogens (tertiary/aromatic N) is 3. The third-order valence-electron chi connectivity index (χ3n) is 3.73. The summed E-state index contributed by atoms with van der Waals surface area (Å²) in [4.78, 5) is 10.1. The number of hydrogen-bond donors (Lipinski definition) is 0. The van der Waals surface area contributed by atoms with Crippen molar-refractivity contribution in [3.05, 3.63) is 59.9 Å². The number of fused-ring (bicyclic) bond motifs is 1. The molecule has 2 aromatic carbocycles. The molecule has 0 aliphatic carbocycles. The maximum absolute atomic E-state index is 13.3. The lowest BCUT2D eigenvalue weighted by Gasteiger charge is -2.22. The van der Waals surface area contributed by atoms with E-state index in [1.54, 1.807) is 18.0 Å². The Kier molecular flexibility index (Phi) is 4.41. The monoisotopic (exact) mass is 349 g/mol. The van der Waals surface area contributed by atoms with Crippen molar-refractivity contribution in [3.63, 3.8) is 0 Å². The predicted octanol–water partition coefficient (Wildman–Crippen LogP) is 3.79. The molecule has 0 saturated carbocycles. The standard InChI is InChI=1S/C17H15F3N3P/c1-23(16-13-4-2-3-5-15(13)21-10-22-16)9-11-6-7-12(24)8-14(11)17(18,19)20/h2-8,10H,9,24H2,1H3. The molecule has 0 fully saturated rings. The smallest absolute Gasteiger partial charge is 0.355 e. The second kappa shape index (κ2) is 6.36. The molecule has 0 spiro atoms. The fraction of sp³-hybridized carbons (Fsp3) is 0.176. The van der Waals surface area contributed by atoms with Crippen molar-refractivity contribution < 1.29 is 13.2 Å². The first kappa shape index (κ1) is 16.7. The highest BCUT2D eigenvalue weighted by atomic mass is 31.0. The zero-order chi connectivity index (χ0) is 17.3. The van der Waals surface area contributed by atoms with Crippen molar-refractivity contribution in [1.29, 1.82) is 0 Å². The molecule has 3 nitrogen and oxygen atoms in total. The number of halogens is 3. The summed E-state index contributed by atoms with van der Waals surface area (Å²) >= 11 is 0. The molecular formula is C17H15F3N3P. The Morgan fingerprint density at radius 3 is 2.58 bits per heavy atom. The van der Waals surface area contributed by atoms with Gasteiger partial charge < -0.3 is 4.90 Å². The van der Waals surface area contributed by atoms with Gasteiger partial charge >= 0.3 is 6.18 Å². The van der Waals surface area contributed by atoms with Crippen LogP contribution in [-0.2, 0) is 12.7 Å². The quantitative estimate of drug-likeness (QED) is 0.674. The molecule has 0 N–H and O–H groups in total. The second-order valence-corrected chi connectivity index (χ2v) is 6.15. The second-order valence-electron chi connectivity index (χ2n) is 5.48. The average Bonchev–Trinajstić information content (AvgIpc) is 2.55. The van der Waals surface area contributed by atoms with E-state index in [0.29, 0.717) is 11.1 Å². The maximum atomic E-state index is 13.3. The predicted molar refractivity (Wildman–Crippen MR) is 92.4 cm³/mol. The lowest BCUT2D eigenvalue weighted by Crippen LogP contribution is -2.22. The van der Waals surface area contributed by atoms with Crippen LogP contribution in [0, 0.1) is 0 Å². The Balaban J connectivity index is 1.99. The van der Waals surface area contributed by atoms with Crippen LogP contribution in [0.4, 0.5) is 19.0 Å². The normalized spacial score (nSPS) is 11.7. The van der Waals surface area contributed by atoms with E-state index < -0.39 is 11.7 Å². The molecular weight excluding hydrogens is 334 g/mol. The molecule has 124 valence electrons. The van der Waals surface area contributed by atoms with E-state index in [9.17, 15) is 13.2 Å². The Morgan fingerprint density at radius 1 is 1.08 bits per heavy atom. The van der Waals surface area contributed by atoms with Gasteiger partial charge in [0.1, 0.15) is 12.1 Å². The summed E-state index contributed by atoms with van der Waals surface area (Å²) in [5.74, 6) is 0.601. The van der Waals surface area contributed by atoms with Crippen LogP contribution in [0.3, 0.4) is 0 Å². The van der Waals surface area contributed by atoms with Crippen LogP contribution in [0.25, 0.3) is 10.9 Å². The van der Waals surface area contributed by atoms with Crippen molar-refractivity contribution >= 4 is 31.3 Å². The molecule has 1 unspecified atom stereocenters. The van der Waals surface area contributed by atoms with E-state index in [1.807, 2.05) is 24.3 Å². The third-order valence-corrected chi connectivity index (χ3v) is 4.09. The highest BCUT2D eigenvalue weighted by Crippen LogP contribution is 2.33. The number of aromatic nitrogens is 2. The van der Waals surface area contributed by atoms with Crippen LogP contribution in [0.15, 0.2) is 48.8 Å². The summed E-state index contributed by atoms with van der Waals surface area (Å²) in [7, 11) is 4.02. The zero-order valence-electron chi connectivity index (χ0n) is 12.9. The van der Waals surface area contributed by atoms with E-state index in [0.717, 1.165) is 17.0 Å². The SMILES string of the molecule is CN(Cc1ccc(P)cc1C(F)(F)F)c1ncnc2ccccc12. The fourth-order valence-corrected chi connectivity index (χ4v) is 2.88. The van der Waals surface area contributed by atoms with E-state index in [-0.39, 0.29) is 12.1 Å². The topological polar surface area (TPSA) is 29.0 Å². The lowest BCUT2D eigenvalue weighted by atomic mass is 10.1. The first-order chi connectivity index (χ1) is 11.4. The van der Waals surface area contributed by atoms with Gasteiger partial charge in [-0.3, -0.25) is 0 Å². The summed E-state index contributed by atoms with van der Waals surface area (Å²) in [5, 5.41) is 1.31. The van der Waals surface area contributed by atoms with Crippen LogP contribution in [0.5, 0.6) is 0 Å². The van der Waals surface area contributed by atoms with Gasteiger partial charge in [-0.05, 0) is 29.1 Å². The number of alkyl halides is 3. The molecule has 1 heterocycles. The maximum Gasteiger partial charge on any atom is 0.416 e. The minimum absolute atomic E-state index is 0.0980. The van der Waals surface area contributed by atoms with Gasteiger partial charge in [0.15, 0.2) is 0 Å². The van der Waals surface area contributed by atoms with E-state index >= 15 is 0 Å². The number of para-hydroxylation sites is 1. The molecule has 24 heavy (non-hydrogen) atoms. The summed E-state index contributed by atoms with van der Waals surface area (Å²) in [6, 6.07) is 11.7. The van der Waals surface area contributed by atoms with Crippen molar-refractivity contribution in [1.82, 2.24) is 9.97 Å². The molecule has 0 radical (unpaired) electrons. The molecule has 0 aliphatic heterocycles. The van der Waals surface area contributed by atoms with Crippen molar-refractivity contribution in [3.8, 4) is 0 Å². The molecule has 1 atom stereocenters. The van der Waals surface area contributed by atoms with Crippen LogP contribution < -0.4 is 10.2 Å². The molecule has 0 aliphatic rings. The number of rotatable bonds is 3. The van der Waals surface area contributed by atoms with Crippen molar-refractivity contribution in [2.24, 2.45) is 0 Å². The Morgan fingerprint density at radius 2 is 1.83 bits per heavy atom. The molecule has 3 rings (SSSR count). The fourth-order valence-electron chi connectivity index (χ4n) is 2.62. The Hall–Kier alpha value is -2.20. The van der Waals surface area contributed by atoms with Gasteiger partial charge in [0.25, 0.3) is 0 Å². The Labute approximate surface area is 139 Å². The number of anilines is 1. The van der Waals surface area contributed by atoms with Crippen LogP contribution in [0.1, 0.15) is 11.1 Å². The van der Waals surface area contributed by atoms with Gasteiger partial charge in [-0.25, -0.2) is 9.97 Å². The average molecular weight is 349 g/mol. The largest absolute Gasteiger partial charge is 0.416 e. The van der Waals surface area contributed by atoms with Gasteiger partial charge in [-0.2, -0.15) is 13.2 Å². The zero-order valence-corrected chi connectivity index (χ0v) is 14.0. The van der Waals surface area contributed by atoms with Gasteiger partial charge in [0.2, 0.25) is 0 Å². The van der Waals surface area contributed by atoms with Crippen molar-refractivity contribution in [2.75, 3.05) is 11.9 Å². The molecule has 1 aromatic heterocycles. The highest BCUT2D eigenvalue weighted by molar-refractivity contribution is 7.27. The highest BCUT2D eigenvalue weighted by Gasteiger charge is 2.33. The van der Waals surface area contributed by atoms with Gasteiger partial charge in [-0.15, -0.1) is 9.24 Å². The lowest BCUT2D eigenvalue weighted by molar-refractivity contribution is -0.138. The summed E-state index contributed by atoms with van der Waals surface area (Å²) in [5.41, 5.74) is 0.338. The van der Waals surface area contributed by atoms with Gasteiger partial charge in [0.05, 0.1) is 11.1 Å². The minimum Gasteiger partial charge on any atom is -0.355 e. The van der Waals surface area contributed by atoms with E-state index in [2.05, 4.69) is 19.2 Å². The minimum atomic E-state index is -4.39. The summed E-state index contributed by atoms with van der Waals surface area (Å²) in [6.45, 7) is 0.0980. The number of hydrogen-bond acceptors (Lipinski definition) is 3. The van der Waals surface area contributed by atoms with Gasteiger partial charge in [0, 0.05) is 19.0 Å². The summed E-state index contributed by atoms with van der Waals surface area (Å²) in [6.07, 6.45) is -2.97. The summed E-state index contributed by atoms with van der Waals surface area (Å²) < 4.78 is 39.8. The third kappa shape index (κ3) is 3.34. The van der Waals surface area contributed by atoms with Gasteiger partial charge in [-0.1, -0.05) is 24.3 Å². The van der Waals surface area contributed by atoms with Crippen LogP contribution >= 0.6 is 9.24 Å². The van der Waals surface area contributed by atoms with E-state index in [4.69, 9.17) is 0 Å². The first-order valence-corrected chi connectivity index (χ1v) is 7.80. The number of benzene rings is 2. The van der Waals surface area contributed by atoms with E-state index in [1.165, 1.54) is 12.4 Å². The molecule has 0 amide bonds.